The monoisotopic (exact) mass is 407 g/mol. The molecular weight excluding hydrogens is 378 g/mol. The highest BCUT2D eigenvalue weighted by Crippen LogP contribution is 2.23. The summed E-state index contributed by atoms with van der Waals surface area (Å²) in [6, 6.07) is 12.1. The number of hydrogen-bond donors (Lipinski definition) is 2. The van der Waals surface area contributed by atoms with E-state index in [0.29, 0.717) is 18.8 Å². The number of rotatable bonds is 10. The first kappa shape index (κ1) is 22.2. The number of aryl methyl sites for hydroxylation is 1. The van der Waals surface area contributed by atoms with Crippen LogP contribution in [0.4, 0.5) is 0 Å². The molecule has 0 fully saturated rings. The molecule has 1 unspecified atom stereocenters. The summed E-state index contributed by atoms with van der Waals surface area (Å²) < 4.78 is 38.4. The minimum absolute atomic E-state index is 0.103. The molecular formula is C21H29NO5S. The van der Waals surface area contributed by atoms with E-state index in [0.717, 1.165) is 23.3 Å². The van der Waals surface area contributed by atoms with Gasteiger partial charge in [0, 0.05) is 13.0 Å². The Morgan fingerprint density at radius 3 is 2.39 bits per heavy atom. The lowest BCUT2D eigenvalue weighted by atomic mass is 9.97. The maximum absolute atomic E-state index is 12.6. The van der Waals surface area contributed by atoms with Gasteiger partial charge in [0.2, 0.25) is 10.0 Å². The highest BCUT2D eigenvalue weighted by Gasteiger charge is 2.25. The zero-order chi connectivity index (χ0) is 20.8. The molecule has 0 radical (unpaired) electrons. The van der Waals surface area contributed by atoms with Crippen molar-refractivity contribution in [2.75, 3.05) is 20.3 Å². The van der Waals surface area contributed by atoms with Gasteiger partial charge < -0.3 is 14.6 Å². The first-order valence-electron chi connectivity index (χ1n) is 9.25. The molecule has 2 aromatic carbocycles. The van der Waals surface area contributed by atoms with E-state index in [1.807, 2.05) is 26.0 Å². The van der Waals surface area contributed by atoms with Crippen molar-refractivity contribution in [1.82, 2.24) is 4.72 Å². The van der Waals surface area contributed by atoms with E-state index in [2.05, 4.69) is 4.72 Å². The van der Waals surface area contributed by atoms with Crippen molar-refractivity contribution in [3.8, 4) is 11.5 Å². The van der Waals surface area contributed by atoms with Crippen LogP contribution in [-0.2, 0) is 16.4 Å². The zero-order valence-electron chi connectivity index (χ0n) is 16.9. The quantitative estimate of drug-likeness (QED) is 0.632. The van der Waals surface area contributed by atoms with Gasteiger partial charge in [-0.15, -0.1) is 0 Å². The van der Waals surface area contributed by atoms with Crippen LogP contribution < -0.4 is 14.2 Å². The zero-order valence-corrected chi connectivity index (χ0v) is 17.7. The van der Waals surface area contributed by atoms with Gasteiger partial charge >= 0.3 is 0 Å². The van der Waals surface area contributed by atoms with Gasteiger partial charge in [-0.1, -0.05) is 19.1 Å². The highest BCUT2D eigenvalue weighted by atomic mass is 32.2. The van der Waals surface area contributed by atoms with Gasteiger partial charge in [-0.05, 0) is 61.7 Å². The fourth-order valence-corrected chi connectivity index (χ4v) is 3.99. The Hall–Kier alpha value is -2.09. The van der Waals surface area contributed by atoms with E-state index in [9.17, 15) is 13.5 Å². The third kappa shape index (κ3) is 6.22. The van der Waals surface area contributed by atoms with Crippen molar-refractivity contribution in [3.63, 3.8) is 0 Å². The molecule has 28 heavy (non-hydrogen) atoms. The molecule has 0 aliphatic carbocycles. The second-order valence-corrected chi connectivity index (χ2v) is 8.89. The predicted molar refractivity (Wildman–Crippen MR) is 109 cm³/mol. The summed E-state index contributed by atoms with van der Waals surface area (Å²) >= 11 is 0. The molecule has 0 amide bonds. The molecule has 7 heteroatoms. The fraction of sp³-hybridized carbons (Fsp3) is 0.429. The van der Waals surface area contributed by atoms with Crippen LogP contribution in [0.1, 0.15) is 31.4 Å². The van der Waals surface area contributed by atoms with Crippen LogP contribution in [0.3, 0.4) is 0 Å². The summed E-state index contributed by atoms with van der Waals surface area (Å²) in [6.45, 7) is 5.90. The second kappa shape index (κ2) is 9.41. The van der Waals surface area contributed by atoms with Gasteiger partial charge in [-0.2, -0.15) is 0 Å². The Morgan fingerprint density at radius 2 is 1.82 bits per heavy atom. The summed E-state index contributed by atoms with van der Waals surface area (Å²) in [5.41, 5.74) is 0.403. The van der Waals surface area contributed by atoms with Gasteiger partial charge in [0.15, 0.2) is 0 Å². The minimum atomic E-state index is -3.74. The van der Waals surface area contributed by atoms with E-state index in [1.165, 1.54) is 6.07 Å². The van der Waals surface area contributed by atoms with Crippen molar-refractivity contribution in [2.24, 2.45) is 0 Å². The van der Waals surface area contributed by atoms with Crippen LogP contribution in [-0.4, -0.2) is 39.4 Å². The van der Waals surface area contributed by atoms with Gasteiger partial charge in [0.05, 0.1) is 24.2 Å². The molecule has 0 saturated heterocycles. The van der Waals surface area contributed by atoms with E-state index in [4.69, 9.17) is 9.47 Å². The van der Waals surface area contributed by atoms with Gasteiger partial charge in [-0.3, -0.25) is 0 Å². The summed E-state index contributed by atoms with van der Waals surface area (Å²) in [5, 5.41) is 10.6. The molecule has 0 spiro atoms. The SMILES string of the molecule is CCCOc1ccc(S(=O)(=O)NCC(C)(O)Cc2ccc(OC)cc2)cc1C. The molecule has 6 nitrogen and oxygen atoms in total. The molecule has 2 N–H and O–H groups in total. The van der Waals surface area contributed by atoms with E-state index in [1.54, 1.807) is 38.3 Å². The van der Waals surface area contributed by atoms with Crippen LogP contribution in [0, 0.1) is 6.92 Å². The molecule has 0 heterocycles. The average molecular weight is 408 g/mol. The topological polar surface area (TPSA) is 84.9 Å². The van der Waals surface area contributed by atoms with Gasteiger partial charge in [-0.25, -0.2) is 13.1 Å². The Morgan fingerprint density at radius 1 is 1.14 bits per heavy atom. The van der Waals surface area contributed by atoms with Gasteiger partial charge in [0.25, 0.3) is 0 Å². The lowest BCUT2D eigenvalue weighted by Gasteiger charge is -2.24. The average Bonchev–Trinajstić information content (AvgIpc) is 2.66. The molecule has 1 atom stereocenters. The number of benzene rings is 2. The summed E-state index contributed by atoms with van der Waals surface area (Å²) in [4.78, 5) is 0.147. The number of aliphatic hydroxyl groups is 1. The molecule has 0 saturated carbocycles. The fourth-order valence-electron chi connectivity index (χ4n) is 2.74. The number of nitrogens with one attached hydrogen (secondary N) is 1. The highest BCUT2D eigenvalue weighted by molar-refractivity contribution is 7.89. The maximum atomic E-state index is 12.6. The van der Waals surface area contributed by atoms with Crippen LogP contribution in [0.2, 0.25) is 0 Å². The standard InChI is InChI=1S/C21H29NO5S/c1-5-12-27-20-11-10-19(13-16(20)2)28(24,25)22-15-21(3,23)14-17-6-8-18(26-4)9-7-17/h6-11,13,22-23H,5,12,14-15H2,1-4H3. The number of hydrogen-bond acceptors (Lipinski definition) is 5. The van der Waals surface area contributed by atoms with Crippen LogP contribution >= 0.6 is 0 Å². The Labute approximate surface area is 167 Å². The molecule has 0 aliphatic rings. The molecule has 2 aromatic rings. The Balaban J connectivity index is 2.03. The smallest absolute Gasteiger partial charge is 0.240 e. The summed E-state index contributed by atoms with van der Waals surface area (Å²) in [7, 11) is -2.15. The van der Waals surface area contributed by atoms with Crippen molar-refractivity contribution < 1.29 is 23.0 Å². The molecule has 154 valence electrons. The summed E-state index contributed by atoms with van der Waals surface area (Å²) in [6.07, 6.45) is 1.19. The second-order valence-electron chi connectivity index (χ2n) is 7.12. The largest absolute Gasteiger partial charge is 0.497 e. The van der Waals surface area contributed by atoms with Crippen LogP contribution in [0.15, 0.2) is 47.4 Å². The number of ether oxygens (including phenoxy) is 2. The summed E-state index contributed by atoms with van der Waals surface area (Å²) in [5.74, 6) is 1.40. The lowest BCUT2D eigenvalue weighted by Crippen LogP contribution is -2.42. The van der Waals surface area contributed by atoms with E-state index in [-0.39, 0.29) is 11.4 Å². The van der Waals surface area contributed by atoms with Crippen molar-refractivity contribution >= 4 is 10.0 Å². The predicted octanol–water partition coefficient (Wildman–Crippen LogP) is 3.06. The number of sulfonamides is 1. The van der Waals surface area contributed by atoms with Crippen molar-refractivity contribution in [1.29, 1.82) is 0 Å². The minimum Gasteiger partial charge on any atom is -0.497 e. The third-order valence-corrected chi connectivity index (χ3v) is 5.70. The van der Waals surface area contributed by atoms with E-state index < -0.39 is 15.6 Å². The van der Waals surface area contributed by atoms with Crippen LogP contribution in [0.5, 0.6) is 11.5 Å². The first-order valence-corrected chi connectivity index (χ1v) is 10.7. The van der Waals surface area contributed by atoms with Gasteiger partial charge in [0.1, 0.15) is 11.5 Å². The Bertz CT molecular complexity index is 876. The van der Waals surface area contributed by atoms with Crippen molar-refractivity contribution in [3.05, 3.63) is 53.6 Å². The van der Waals surface area contributed by atoms with Crippen molar-refractivity contribution in [2.45, 2.75) is 44.1 Å². The van der Waals surface area contributed by atoms with E-state index >= 15 is 0 Å². The maximum Gasteiger partial charge on any atom is 0.240 e. The Kier molecular flexibility index (Phi) is 7.46. The molecule has 0 bridgehead atoms. The third-order valence-electron chi connectivity index (χ3n) is 4.31. The number of methoxy groups -OCH3 is 1. The van der Waals surface area contributed by atoms with Crippen LogP contribution in [0.25, 0.3) is 0 Å². The molecule has 0 aliphatic heterocycles. The first-order chi connectivity index (χ1) is 13.2. The molecule has 2 rings (SSSR count). The molecule has 0 aromatic heterocycles. The lowest BCUT2D eigenvalue weighted by molar-refractivity contribution is 0.0657. The normalized spacial score (nSPS) is 13.8.